The van der Waals surface area contributed by atoms with Crippen LogP contribution in [0.15, 0.2) is 0 Å². The van der Waals surface area contributed by atoms with Gasteiger partial charge in [-0.25, -0.2) is 0 Å². The van der Waals surface area contributed by atoms with Crippen LogP contribution in [0.3, 0.4) is 0 Å². The molecule has 1 aliphatic rings. The number of hydrogen-bond donors (Lipinski definition) is 0. The zero-order valence-corrected chi connectivity index (χ0v) is 9.33. The Morgan fingerprint density at radius 3 is 2.23 bits per heavy atom. The van der Waals surface area contributed by atoms with E-state index < -0.39 is 5.79 Å². The molecule has 0 aromatic rings. The van der Waals surface area contributed by atoms with Crippen LogP contribution in [0.2, 0.25) is 0 Å². The van der Waals surface area contributed by atoms with Gasteiger partial charge in [-0.05, 0) is 26.7 Å². The summed E-state index contributed by atoms with van der Waals surface area (Å²) in [4.78, 5) is 0. The van der Waals surface area contributed by atoms with Gasteiger partial charge in [0.1, 0.15) is 0 Å². The van der Waals surface area contributed by atoms with E-state index in [2.05, 4.69) is 27.7 Å². The smallest absolute Gasteiger partial charge is 0.163 e. The molecule has 1 fully saturated rings. The maximum absolute atomic E-state index is 5.86. The molecule has 1 rings (SSSR count). The van der Waals surface area contributed by atoms with E-state index in [1.165, 1.54) is 0 Å². The standard InChI is InChI=1S/C11H21O2/c1-7(2)10-8(3)9(4)12-11(5,6)13-10/h7-10H,4H2,1-3,5-6H3/t8-,9+,10-/m0/s1. The lowest BCUT2D eigenvalue weighted by Crippen LogP contribution is -2.50. The van der Waals surface area contributed by atoms with Crippen LogP contribution in [0, 0.1) is 18.8 Å². The molecule has 0 aromatic carbocycles. The molecule has 2 nitrogen and oxygen atoms in total. The molecule has 0 aliphatic carbocycles. The van der Waals surface area contributed by atoms with Crippen molar-refractivity contribution in [2.75, 3.05) is 0 Å². The lowest BCUT2D eigenvalue weighted by atomic mass is 9.89. The summed E-state index contributed by atoms with van der Waals surface area (Å²) in [6.07, 6.45) is 0.294. The fourth-order valence-corrected chi connectivity index (χ4v) is 1.89. The van der Waals surface area contributed by atoms with E-state index in [9.17, 15) is 0 Å². The van der Waals surface area contributed by atoms with Crippen LogP contribution in [-0.4, -0.2) is 18.0 Å². The van der Waals surface area contributed by atoms with Gasteiger partial charge in [-0.2, -0.15) is 0 Å². The Morgan fingerprint density at radius 1 is 1.23 bits per heavy atom. The summed E-state index contributed by atoms with van der Waals surface area (Å²) in [5.74, 6) is 0.406. The van der Waals surface area contributed by atoms with Crippen molar-refractivity contribution < 1.29 is 9.47 Å². The molecule has 0 spiro atoms. The highest BCUT2D eigenvalue weighted by atomic mass is 16.7. The van der Waals surface area contributed by atoms with Gasteiger partial charge in [0.05, 0.1) is 12.2 Å². The molecule has 0 amide bonds. The Morgan fingerprint density at radius 2 is 1.77 bits per heavy atom. The van der Waals surface area contributed by atoms with Crippen LogP contribution in [0.1, 0.15) is 34.6 Å². The summed E-state index contributed by atoms with van der Waals surface area (Å²) in [5.41, 5.74) is 0. The average molecular weight is 185 g/mol. The van der Waals surface area contributed by atoms with Crippen molar-refractivity contribution in [2.24, 2.45) is 11.8 Å². The second kappa shape index (κ2) is 3.58. The van der Waals surface area contributed by atoms with Crippen LogP contribution in [0.5, 0.6) is 0 Å². The SMILES string of the molecule is [CH2][C@H]1OC(C)(C)O[C@@H](C(C)C)[C@H]1C. The minimum Gasteiger partial charge on any atom is -0.347 e. The van der Waals surface area contributed by atoms with Gasteiger partial charge in [-0.3, -0.25) is 0 Å². The van der Waals surface area contributed by atoms with Crippen LogP contribution in [0.4, 0.5) is 0 Å². The van der Waals surface area contributed by atoms with Gasteiger partial charge in [0.25, 0.3) is 0 Å². The lowest BCUT2D eigenvalue weighted by Gasteiger charge is -2.45. The van der Waals surface area contributed by atoms with E-state index in [1.54, 1.807) is 0 Å². The highest BCUT2D eigenvalue weighted by molar-refractivity contribution is 4.85. The Balaban J connectivity index is 2.72. The second-order valence-corrected chi connectivity index (χ2v) is 4.74. The van der Waals surface area contributed by atoms with Crippen molar-refractivity contribution >= 4 is 0 Å². The molecule has 0 N–H and O–H groups in total. The van der Waals surface area contributed by atoms with Crippen molar-refractivity contribution in [1.29, 1.82) is 0 Å². The van der Waals surface area contributed by atoms with Crippen molar-refractivity contribution in [1.82, 2.24) is 0 Å². The van der Waals surface area contributed by atoms with Crippen molar-refractivity contribution in [3.8, 4) is 0 Å². The summed E-state index contributed by atoms with van der Waals surface area (Å²) in [6, 6.07) is 0. The third-order valence-corrected chi connectivity index (χ3v) is 2.62. The molecule has 0 aromatic heterocycles. The van der Waals surface area contributed by atoms with Crippen LogP contribution in [0.25, 0.3) is 0 Å². The Hall–Kier alpha value is -0.0800. The third kappa shape index (κ3) is 2.44. The van der Waals surface area contributed by atoms with Crippen molar-refractivity contribution in [3.05, 3.63) is 6.92 Å². The molecule has 77 valence electrons. The molecule has 0 saturated carbocycles. The lowest BCUT2D eigenvalue weighted by molar-refractivity contribution is -0.317. The zero-order chi connectivity index (χ0) is 10.2. The van der Waals surface area contributed by atoms with Gasteiger partial charge >= 0.3 is 0 Å². The first kappa shape index (κ1) is 11.0. The quantitative estimate of drug-likeness (QED) is 0.625. The van der Waals surface area contributed by atoms with E-state index in [0.717, 1.165) is 0 Å². The Bertz CT molecular complexity index is 175. The minimum absolute atomic E-state index is 0.0381. The first-order chi connectivity index (χ1) is 5.83. The molecule has 1 aliphatic heterocycles. The van der Waals surface area contributed by atoms with E-state index in [1.807, 2.05) is 13.8 Å². The summed E-state index contributed by atoms with van der Waals surface area (Å²) in [7, 11) is 0. The molecular weight excluding hydrogens is 164 g/mol. The predicted octanol–water partition coefficient (Wildman–Crippen LogP) is 2.63. The first-order valence-corrected chi connectivity index (χ1v) is 5.02. The molecule has 0 bridgehead atoms. The Labute approximate surface area is 81.6 Å². The second-order valence-electron chi connectivity index (χ2n) is 4.74. The number of rotatable bonds is 1. The maximum atomic E-state index is 5.86. The maximum Gasteiger partial charge on any atom is 0.163 e. The fraction of sp³-hybridized carbons (Fsp3) is 0.909. The molecule has 13 heavy (non-hydrogen) atoms. The zero-order valence-electron chi connectivity index (χ0n) is 9.33. The van der Waals surface area contributed by atoms with Crippen molar-refractivity contribution in [2.45, 2.75) is 52.6 Å². The Kier molecular flexibility index (Phi) is 3.03. The molecule has 3 atom stereocenters. The number of ether oxygens (including phenoxy) is 2. The van der Waals surface area contributed by atoms with E-state index in [4.69, 9.17) is 9.47 Å². The summed E-state index contributed by atoms with van der Waals surface area (Å²) < 4.78 is 11.5. The van der Waals surface area contributed by atoms with Gasteiger partial charge in [-0.1, -0.05) is 20.8 Å². The monoisotopic (exact) mass is 185 g/mol. The molecule has 1 saturated heterocycles. The van der Waals surface area contributed by atoms with Crippen LogP contribution in [-0.2, 0) is 9.47 Å². The van der Waals surface area contributed by atoms with Crippen molar-refractivity contribution in [3.63, 3.8) is 0 Å². The molecular formula is C11H21O2. The summed E-state index contributed by atoms with van der Waals surface area (Å²) in [5, 5.41) is 0. The van der Waals surface area contributed by atoms with Gasteiger partial charge in [0.2, 0.25) is 0 Å². The van der Waals surface area contributed by atoms with Gasteiger partial charge in [0.15, 0.2) is 5.79 Å². The highest BCUT2D eigenvalue weighted by Gasteiger charge is 2.39. The summed E-state index contributed by atoms with van der Waals surface area (Å²) in [6.45, 7) is 14.4. The van der Waals surface area contributed by atoms with E-state index >= 15 is 0 Å². The van der Waals surface area contributed by atoms with E-state index in [-0.39, 0.29) is 12.2 Å². The van der Waals surface area contributed by atoms with Crippen LogP contribution >= 0.6 is 0 Å². The fourth-order valence-electron chi connectivity index (χ4n) is 1.89. The first-order valence-electron chi connectivity index (χ1n) is 5.02. The minimum atomic E-state index is -0.478. The normalized spacial score (nSPS) is 39.5. The topological polar surface area (TPSA) is 18.5 Å². The predicted molar refractivity (Wildman–Crippen MR) is 53.2 cm³/mol. The largest absolute Gasteiger partial charge is 0.347 e. The van der Waals surface area contributed by atoms with Gasteiger partial charge in [-0.15, -0.1) is 0 Å². The number of hydrogen-bond acceptors (Lipinski definition) is 2. The molecule has 0 unspecified atom stereocenters. The molecule has 1 radical (unpaired) electrons. The third-order valence-electron chi connectivity index (χ3n) is 2.62. The van der Waals surface area contributed by atoms with Gasteiger partial charge in [0, 0.05) is 5.92 Å². The van der Waals surface area contributed by atoms with E-state index in [0.29, 0.717) is 11.8 Å². The molecule has 1 heterocycles. The van der Waals surface area contributed by atoms with Crippen LogP contribution < -0.4 is 0 Å². The van der Waals surface area contributed by atoms with Gasteiger partial charge < -0.3 is 9.47 Å². The highest BCUT2D eigenvalue weighted by Crippen LogP contribution is 2.33. The molecule has 2 heteroatoms. The average Bonchev–Trinajstić information content (AvgIpc) is 1.95. The summed E-state index contributed by atoms with van der Waals surface area (Å²) >= 11 is 0.